The molecule has 0 amide bonds. The summed E-state index contributed by atoms with van der Waals surface area (Å²) in [6.45, 7) is 0. The molecule has 64 valence electrons. The monoisotopic (exact) mass is 165 g/mol. The predicted molar refractivity (Wildman–Crippen MR) is 47.3 cm³/mol. The average Bonchev–Trinajstić information content (AvgIpc) is 2.04. The highest BCUT2D eigenvalue weighted by molar-refractivity contribution is 5.73. The van der Waals surface area contributed by atoms with Crippen LogP contribution in [0.5, 0.6) is 0 Å². The standard InChI is InChI=1S/C9H11NO2/c1-10-8-5-3-2-4-7(8)6-9(11)12/h2-5,10H,6H2,1H3,(H,11,12). The molecule has 2 N–H and O–H groups in total. The van der Waals surface area contributed by atoms with Crippen molar-refractivity contribution in [2.24, 2.45) is 0 Å². The molecule has 0 aromatic heterocycles. The number of nitrogens with one attached hydrogen (secondary N) is 1. The molecule has 0 radical (unpaired) electrons. The van der Waals surface area contributed by atoms with Crippen molar-refractivity contribution in [3.05, 3.63) is 29.8 Å². The first-order valence-corrected chi connectivity index (χ1v) is 3.71. The molecule has 0 aliphatic heterocycles. The van der Waals surface area contributed by atoms with E-state index in [4.69, 9.17) is 5.11 Å². The summed E-state index contributed by atoms with van der Waals surface area (Å²) >= 11 is 0. The summed E-state index contributed by atoms with van der Waals surface area (Å²) in [5, 5.41) is 11.5. The summed E-state index contributed by atoms with van der Waals surface area (Å²) in [5.74, 6) is -0.808. The fourth-order valence-electron chi connectivity index (χ4n) is 1.08. The molecule has 0 atom stereocenters. The van der Waals surface area contributed by atoms with E-state index in [9.17, 15) is 4.79 Å². The number of rotatable bonds is 3. The Bertz CT molecular complexity index is 284. The van der Waals surface area contributed by atoms with E-state index in [0.717, 1.165) is 11.3 Å². The van der Waals surface area contributed by atoms with Gasteiger partial charge in [0.05, 0.1) is 6.42 Å². The van der Waals surface area contributed by atoms with E-state index in [1.807, 2.05) is 18.2 Å². The van der Waals surface area contributed by atoms with Gasteiger partial charge in [-0.3, -0.25) is 4.79 Å². The van der Waals surface area contributed by atoms with Gasteiger partial charge in [-0.1, -0.05) is 18.2 Å². The molecule has 3 nitrogen and oxygen atoms in total. The Hall–Kier alpha value is -1.51. The van der Waals surface area contributed by atoms with E-state index < -0.39 is 5.97 Å². The van der Waals surface area contributed by atoms with Crippen LogP contribution in [0.2, 0.25) is 0 Å². The van der Waals surface area contributed by atoms with E-state index >= 15 is 0 Å². The quantitative estimate of drug-likeness (QED) is 0.710. The van der Waals surface area contributed by atoms with Gasteiger partial charge < -0.3 is 10.4 Å². The van der Waals surface area contributed by atoms with Crippen molar-refractivity contribution in [2.75, 3.05) is 12.4 Å². The van der Waals surface area contributed by atoms with Crippen LogP contribution in [-0.2, 0) is 11.2 Å². The minimum atomic E-state index is -0.808. The van der Waals surface area contributed by atoms with Crippen LogP contribution in [0.1, 0.15) is 5.56 Å². The highest BCUT2D eigenvalue weighted by atomic mass is 16.4. The maximum absolute atomic E-state index is 10.4. The van der Waals surface area contributed by atoms with Crippen molar-refractivity contribution >= 4 is 11.7 Å². The molecule has 12 heavy (non-hydrogen) atoms. The zero-order chi connectivity index (χ0) is 8.97. The van der Waals surface area contributed by atoms with Gasteiger partial charge in [0.2, 0.25) is 0 Å². The molecule has 0 saturated carbocycles. The largest absolute Gasteiger partial charge is 0.481 e. The number of aliphatic carboxylic acids is 1. The minimum Gasteiger partial charge on any atom is -0.481 e. The first-order chi connectivity index (χ1) is 5.74. The third-order valence-electron chi connectivity index (χ3n) is 1.63. The van der Waals surface area contributed by atoms with Crippen LogP contribution in [0.15, 0.2) is 24.3 Å². The highest BCUT2D eigenvalue weighted by Crippen LogP contribution is 2.14. The van der Waals surface area contributed by atoms with Gasteiger partial charge in [-0.25, -0.2) is 0 Å². The second-order valence-corrected chi connectivity index (χ2v) is 2.48. The second kappa shape index (κ2) is 3.76. The molecule has 0 aliphatic carbocycles. The first kappa shape index (κ1) is 8.59. The van der Waals surface area contributed by atoms with Crippen molar-refractivity contribution < 1.29 is 9.90 Å². The van der Waals surface area contributed by atoms with Crippen LogP contribution in [0.3, 0.4) is 0 Å². The SMILES string of the molecule is CNc1ccccc1CC(=O)O. The summed E-state index contributed by atoms with van der Waals surface area (Å²) in [4.78, 5) is 10.4. The molecule has 1 rings (SSSR count). The molecular formula is C9H11NO2. The lowest BCUT2D eigenvalue weighted by molar-refractivity contribution is -0.136. The van der Waals surface area contributed by atoms with Crippen LogP contribution < -0.4 is 5.32 Å². The second-order valence-electron chi connectivity index (χ2n) is 2.48. The number of hydrogen-bond donors (Lipinski definition) is 2. The topological polar surface area (TPSA) is 49.3 Å². The van der Waals surface area contributed by atoms with E-state index in [1.165, 1.54) is 0 Å². The molecule has 0 bridgehead atoms. The Morgan fingerprint density at radius 3 is 2.75 bits per heavy atom. The van der Waals surface area contributed by atoms with Crippen molar-refractivity contribution in [1.82, 2.24) is 0 Å². The summed E-state index contributed by atoms with van der Waals surface area (Å²) in [7, 11) is 1.78. The van der Waals surface area contributed by atoms with Gasteiger partial charge >= 0.3 is 5.97 Å². The summed E-state index contributed by atoms with van der Waals surface area (Å²) in [6, 6.07) is 7.37. The first-order valence-electron chi connectivity index (χ1n) is 3.71. The normalized spacial score (nSPS) is 9.42. The maximum Gasteiger partial charge on any atom is 0.307 e. The molecule has 0 spiro atoms. The van der Waals surface area contributed by atoms with Gasteiger partial charge in [0.1, 0.15) is 0 Å². The fourth-order valence-corrected chi connectivity index (χ4v) is 1.08. The Labute approximate surface area is 71.0 Å². The number of para-hydroxylation sites is 1. The van der Waals surface area contributed by atoms with Gasteiger partial charge in [-0.2, -0.15) is 0 Å². The Morgan fingerprint density at radius 1 is 1.50 bits per heavy atom. The van der Waals surface area contributed by atoms with Crippen LogP contribution in [0.25, 0.3) is 0 Å². The van der Waals surface area contributed by atoms with Crippen molar-refractivity contribution in [1.29, 1.82) is 0 Å². The number of anilines is 1. The fraction of sp³-hybridized carbons (Fsp3) is 0.222. The van der Waals surface area contributed by atoms with Crippen molar-refractivity contribution in [3.8, 4) is 0 Å². The van der Waals surface area contributed by atoms with Gasteiger partial charge in [0.25, 0.3) is 0 Å². The molecule has 3 heteroatoms. The Morgan fingerprint density at radius 2 is 2.17 bits per heavy atom. The number of hydrogen-bond acceptors (Lipinski definition) is 2. The molecule has 0 heterocycles. The molecule has 1 aromatic rings. The van der Waals surface area contributed by atoms with Crippen molar-refractivity contribution in [2.45, 2.75) is 6.42 Å². The molecular weight excluding hydrogens is 154 g/mol. The third-order valence-corrected chi connectivity index (χ3v) is 1.63. The number of benzene rings is 1. The zero-order valence-corrected chi connectivity index (χ0v) is 6.87. The van der Waals surface area contributed by atoms with Crippen molar-refractivity contribution in [3.63, 3.8) is 0 Å². The summed E-state index contributed by atoms with van der Waals surface area (Å²) in [6.07, 6.45) is 0.0665. The lowest BCUT2D eigenvalue weighted by Crippen LogP contribution is -2.03. The van der Waals surface area contributed by atoms with Gasteiger partial charge in [-0.15, -0.1) is 0 Å². The maximum atomic E-state index is 10.4. The molecule has 0 saturated heterocycles. The van der Waals surface area contributed by atoms with E-state index in [-0.39, 0.29) is 6.42 Å². The van der Waals surface area contributed by atoms with Crippen LogP contribution >= 0.6 is 0 Å². The summed E-state index contributed by atoms with van der Waals surface area (Å²) in [5.41, 5.74) is 1.69. The van der Waals surface area contributed by atoms with Gasteiger partial charge in [0, 0.05) is 12.7 Å². The van der Waals surface area contributed by atoms with Gasteiger partial charge in [0.15, 0.2) is 0 Å². The number of carbonyl (C=O) groups is 1. The van der Waals surface area contributed by atoms with E-state index in [2.05, 4.69) is 5.32 Å². The smallest absolute Gasteiger partial charge is 0.307 e. The Balaban J connectivity index is 2.89. The highest BCUT2D eigenvalue weighted by Gasteiger charge is 2.03. The average molecular weight is 165 g/mol. The lowest BCUT2D eigenvalue weighted by atomic mass is 10.1. The van der Waals surface area contributed by atoms with Gasteiger partial charge in [-0.05, 0) is 11.6 Å². The lowest BCUT2D eigenvalue weighted by Gasteiger charge is -2.05. The van der Waals surface area contributed by atoms with Crippen LogP contribution in [0.4, 0.5) is 5.69 Å². The number of carboxylic acid groups (broad SMARTS) is 1. The number of carboxylic acids is 1. The van der Waals surface area contributed by atoms with Crippen LogP contribution in [0, 0.1) is 0 Å². The summed E-state index contributed by atoms with van der Waals surface area (Å²) < 4.78 is 0. The zero-order valence-electron chi connectivity index (χ0n) is 6.87. The van der Waals surface area contributed by atoms with Crippen LogP contribution in [-0.4, -0.2) is 18.1 Å². The van der Waals surface area contributed by atoms with E-state index in [0.29, 0.717) is 0 Å². The Kier molecular flexibility index (Phi) is 2.69. The minimum absolute atomic E-state index is 0.0665. The molecule has 0 unspecified atom stereocenters. The predicted octanol–water partition coefficient (Wildman–Crippen LogP) is 1.36. The third kappa shape index (κ3) is 1.99. The van der Waals surface area contributed by atoms with E-state index in [1.54, 1.807) is 13.1 Å². The molecule has 1 aromatic carbocycles. The molecule has 0 aliphatic rings. The molecule has 0 fully saturated rings.